The van der Waals surface area contributed by atoms with Gasteiger partial charge in [-0.3, -0.25) is 14.4 Å². The molecule has 35 heavy (non-hydrogen) atoms. The van der Waals surface area contributed by atoms with Crippen LogP contribution in [0.2, 0.25) is 5.02 Å². The summed E-state index contributed by atoms with van der Waals surface area (Å²) in [5.74, 6) is 0.120. The number of phenols is 1. The summed E-state index contributed by atoms with van der Waals surface area (Å²) in [5, 5.41) is 12.8. The second-order valence-electron chi connectivity index (χ2n) is 8.66. The van der Waals surface area contributed by atoms with Crippen LogP contribution in [0.4, 0.5) is 0 Å². The topological polar surface area (TPSA) is 92.7 Å². The van der Waals surface area contributed by atoms with Gasteiger partial charge >= 0.3 is 0 Å². The predicted octanol–water partition coefficient (Wildman–Crippen LogP) is 5.41. The molecule has 7 heteroatoms. The highest BCUT2D eigenvalue weighted by Crippen LogP contribution is 2.22. The lowest BCUT2D eigenvalue weighted by molar-refractivity contribution is -0.131. The molecular formula is C28H28ClNO5. The monoisotopic (exact) mass is 493 g/mol. The van der Waals surface area contributed by atoms with Crippen LogP contribution in [0.3, 0.4) is 0 Å². The van der Waals surface area contributed by atoms with Gasteiger partial charge in [-0.2, -0.15) is 0 Å². The van der Waals surface area contributed by atoms with E-state index in [9.17, 15) is 19.5 Å². The van der Waals surface area contributed by atoms with E-state index in [-0.39, 0.29) is 36.1 Å². The van der Waals surface area contributed by atoms with Crippen molar-refractivity contribution < 1.29 is 24.2 Å². The highest BCUT2D eigenvalue weighted by molar-refractivity contribution is 6.30. The molecule has 0 unspecified atom stereocenters. The van der Waals surface area contributed by atoms with Gasteiger partial charge in [0.1, 0.15) is 11.5 Å². The van der Waals surface area contributed by atoms with Gasteiger partial charge in [-0.15, -0.1) is 0 Å². The molecule has 0 bridgehead atoms. The first kappa shape index (κ1) is 26.0. The summed E-state index contributed by atoms with van der Waals surface area (Å²) in [5.41, 5.74) is 0.921. The maximum Gasteiger partial charge on any atom is 0.251 e. The van der Waals surface area contributed by atoms with Crippen LogP contribution in [0.15, 0.2) is 72.8 Å². The molecule has 0 saturated heterocycles. The number of Topliss-reactive ketones (excluding diaryl/α,β-unsaturated/α-hetero) is 2. The Kier molecular flexibility index (Phi) is 8.66. The Morgan fingerprint density at radius 1 is 0.857 bits per heavy atom. The minimum Gasteiger partial charge on any atom is -0.508 e. The molecule has 0 aliphatic heterocycles. The summed E-state index contributed by atoms with van der Waals surface area (Å²) >= 11 is 5.85. The van der Waals surface area contributed by atoms with Crippen LogP contribution >= 0.6 is 11.6 Å². The molecule has 182 valence electrons. The maximum atomic E-state index is 12.7. The van der Waals surface area contributed by atoms with Gasteiger partial charge in [-0.1, -0.05) is 23.7 Å². The molecule has 1 amide bonds. The van der Waals surface area contributed by atoms with E-state index in [4.69, 9.17) is 16.3 Å². The molecule has 0 radical (unpaired) electrons. The third-order valence-corrected chi connectivity index (χ3v) is 5.79. The van der Waals surface area contributed by atoms with Crippen LogP contribution in [0, 0.1) is 0 Å². The van der Waals surface area contributed by atoms with Crippen molar-refractivity contribution in [2.75, 3.05) is 6.54 Å². The van der Waals surface area contributed by atoms with Crippen LogP contribution in [-0.4, -0.2) is 34.7 Å². The first-order chi connectivity index (χ1) is 16.6. The summed E-state index contributed by atoms with van der Waals surface area (Å²) in [7, 11) is 0. The lowest BCUT2D eigenvalue weighted by Gasteiger charge is -2.25. The summed E-state index contributed by atoms with van der Waals surface area (Å²) < 4.78 is 5.91. The van der Waals surface area contributed by atoms with Crippen molar-refractivity contribution in [1.82, 2.24) is 5.32 Å². The molecule has 3 rings (SSSR count). The highest BCUT2D eigenvalue weighted by atomic mass is 35.5. The summed E-state index contributed by atoms with van der Waals surface area (Å²) in [6.07, 6.45) is 0.760. The Bertz CT molecular complexity index is 1170. The lowest BCUT2D eigenvalue weighted by Crippen LogP contribution is -2.38. The Morgan fingerprint density at radius 3 is 2.09 bits per heavy atom. The number of benzene rings is 3. The molecule has 0 atom stereocenters. The number of ether oxygens (including phenoxy) is 1. The number of nitrogens with one attached hydrogen (secondary N) is 1. The van der Waals surface area contributed by atoms with Crippen LogP contribution in [-0.2, 0) is 11.2 Å². The van der Waals surface area contributed by atoms with Gasteiger partial charge in [0.2, 0.25) is 0 Å². The number of carbonyl (C=O) groups excluding carboxylic acids is 3. The minimum atomic E-state index is -1.09. The van der Waals surface area contributed by atoms with Crippen molar-refractivity contribution in [1.29, 1.82) is 0 Å². The fraction of sp³-hybridized carbons (Fsp3) is 0.250. The van der Waals surface area contributed by atoms with Gasteiger partial charge in [0.05, 0.1) is 0 Å². The van der Waals surface area contributed by atoms with E-state index in [1.807, 2.05) is 12.1 Å². The molecule has 3 aromatic rings. The molecular weight excluding hydrogens is 466 g/mol. The van der Waals surface area contributed by atoms with E-state index in [0.717, 1.165) is 5.56 Å². The van der Waals surface area contributed by atoms with Crippen molar-refractivity contribution in [2.45, 2.75) is 38.7 Å². The molecule has 0 aliphatic carbocycles. The lowest BCUT2D eigenvalue weighted by atomic mass is 9.96. The van der Waals surface area contributed by atoms with Gasteiger partial charge < -0.3 is 15.2 Å². The highest BCUT2D eigenvalue weighted by Gasteiger charge is 2.29. The maximum absolute atomic E-state index is 12.7. The zero-order chi connectivity index (χ0) is 25.4. The van der Waals surface area contributed by atoms with E-state index in [1.54, 1.807) is 50.2 Å². The molecule has 0 aliphatic rings. The van der Waals surface area contributed by atoms with Gasteiger partial charge in [-0.05, 0) is 86.5 Å². The predicted molar refractivity (Wildman–Crippen MR) is 135 cm³/mol. The molecule has 0 aromatic heterocycles. The third-order valence-electron chi connectivity index (χ3n) is 5.54. The number of ketones is 2. The second kappa shape index (κ2) is 11.7. The van der Waals surface area contributed by atoms with Gasteiger partial charge in [0.25, 0.3) is 5.91 Å². The van der Waals surface area contributed by atoms with Crippen molar-refractivity contribution in [3.05, 3.63) is 94.5 Å². The Labute approximate surface area is 209 Å². The summed E-state index contributed by atoms with van der Waals surface area (Å²) in [6, 6.07) is 20.0. The van der Waals surface area contributed by atoms with Gasteiger partial charge in [-0.25, -0.2) is 0 Å². The van der Waals surface area contributed by atoms with Gasteiger partial charge in [0, 0.05) is 35.5 Å². The first-order valence-electron chi connectivity index (χ1n) is 11.3. The van der Waals surface area contributed by atoms with Crippen LogP contribution in [0.5, 0.6) is 11.5 Å². The number of carbonyl (C=O) groups is 3. The average Bonchev–Trinajstić information content (AvgIpc) is 2.84. The van der Waals surface area contributed by atoms with Crippen LogP contribution < -0.4 is 10.1 Å². The standard InChI is InChI=1S/C28H28ClNO5/c1-28(2,26(33)16-15-25(32)20-7-11-23(31)12-8-20)35-24-13-3-19(4-14-24)17-18-30-27(34)21-5-9-22(29)10-6-21/h3-14,31H,15-18H2,1-2H3,(H,30,34). The van der Waals surface area contributed by atoms with Crippen molar-refractivity contribution >= 4 is 29.1 Å². The van der Waals surface area contributed by atoms with E-state index in [1.165, 1.54) is 24.3 Å². The van der Waals surface area contributed by atoms with Crippen molar-refractivity contribution in [3.63, 3.8) is 0 Å². The number of hydrogen-bond donors (Lipinski definition) is 2. The molecule has 2 N–H and O–H groups in total. The third kappa shape index (κ3) is 7.69. The minimum absolute atomic E-state index is 0.0537. The molecule has 0 heterocycles. The Morgan fingerprint density at radius 2 is 1.46 bits per heavy atom. The Hall–Kier alpha value is -3.64. The van der Waals surface area contributed by atoms with Crippen LogP contribution in [0.25, 0.3) is 0 Å². The molecule has 3 aromatic carbocycles. The van der Waals surface area contributed by atoms with E-state index in [2.05, 4.69) is 5.32 Å². The SMILES string of the molecule is CC(C)(Oc1ccc(CCNC(=O)c2ccc(Cl)cc2)cc1)C(=O)CCC(=O)c1ccc(O)cc1. The second-order valence-corrected chi connectivity index (χ2v) is 9.10. The zero-order valence-corrected chi connectivity index (χ0v) is 20.5. The smallest absolute Gasteiger partial charge is 0.251 e. The number of hydrogen-bond acceptors (Lipinski definition) is 5. The largest absolute Gasteiger partial charge is 0.508 e. The number of amides is 1. The fourth-order valence-electron chi connectivity index (χ4n) is 3.42. The molecule has 0 fully saturated rings. The van der Waals surface area contributed by atoms with Crippen molar-refractivity contribution in [2.24, 2.45) is 0 Å². The number of phenolic OH excluding ortho intramolecular Hbond substituents is 1. The Balaban J connectivity index is 1.46. The van der Waals surface area contributed by atoms with E-state index >= 15 is 0 Å². The molecule has 0 saturated carbocycles. The number of aromatic hydroxyl groups is 1. The first-order valence-corrected chi connectivity index (χ1v) is 11.7. The number of rotatable bonds is 11. The molecule has 0 spiro atoms. The summed E-state index contributed by atoms with van der Waals surface area (Å²) in [4.78, 5) is 37.2. The summed E-state index contributed by atoms with van der Waals surface area (Å²) in [6.45, 7) is 3.84. The zero-order valence-electron chi connectivity index (χ0n) is 19.7. The van der Waals surface area contributed by atoms with Gasteiger partial charge in [0.15, 0.2) is 17.2 Å². The quantitative estimate of drug-likeness (QED) is 0.348. The van der Waals surface area contributed by atoms with E-state index < -0.39 is 5.60 Å². The van der Waals surface area contributed by atoms with Crippen LogP contribution in [0.1, 0.15) is 53.0 Å². The normalized spacial score (nSPS) is 11.1. The average molecular weight is 494 g/mol. The van der Waals surface area contributed by atoms with E-state index in [0.29, 0.717) is 34.9 Å². The van der Waals surface area contributed by atoms with Crippen molar-refractivity contribution in [3.8, 4) is 11.5 Å². The fourth-order valence-corrected chi connectivity index (χ4v) is 3.55. The number of halogens is 1. The molecule has 6 nitrogen and oxygen atoms in total.